The lowest BCUT2D eigenvalue weighted by Crippen LogP contribution is -2.33. The Morgan fingerprint density at radius 2 is 1.87 bits per heavy atom. The molecule has 0 bridgehead atoms. The first kappa shape index (κ1) is 19.7. The number of pyridine rings is 1. The lowest BCUT2D eigenvalue weighted by Gasteiger charge is -2.34. The van der Waals surface area contributed by atoms with Crippen molar-refractivity contribution in [1.82, 2.24) is 15.0 Å². The summed E-state index contributed by atoms with van der Waals surface area (Å²) in [6.07, 6.45) is 11.5. The summed E-state index contributed by atoms with van der Waals surface area (Å²) in [5.74, 6) is 2.12. The highest BCUT2D eigenvalue weighted by Crippen LogP contribution is 2.44. The molecule has 6 nitrogen and oxygen atoms in total. The van der Waals surface area contributed by atoms with E-state index in [1.807, 2.05) is 0 Å². The minimum atomic E-state index is -0.173. The molecular weight excluding hydrogens is 406 g/mol. The zero-order valence-electron chi connectivity index (χ0n) is 18.5. The molecule has 1 saturated heterocycles. The molecule has 1 aliphatic carbocycles. The van der Waals surface area contributed by atoms with Gasteiger partial charge >= 0.3 is 0 Å². The Bertz CT molecular complexity index is 1130. The predicted octanol–water partition coefficient (Wildman–Crippen LogP) is 5.44. The fourth-order valence-electron chi connectivity index (χ4n) is 5.52. The van der Waals surface area contributed by atoms with Crippen molar-refractivity contribution in [2.24, 2.45) is 0 Å². The van der Waals surface area contributed by atoms with Crippen LogP contribution in [-0.4, -0.2) is 39.7 Å². The van der Waals surface area contributed by atoms with Crippen LogP contribution in [0.1, 0.15) is 69.9 Å². The SMILES string of the molecule is CC1(C)Cc2c(c(N3CCCC3)nc3sc4c(NC5CCCCC5)ncnc4c23)CO1. The normalized spacial score (nSPS) is 21.7. The Hall–Kier alpha value is -1.99. The fraction of sp³-hybridized carbons (Fsp3) is 0.625. The smallest absolute Gasteiger partial charge is 0.147 e. The molecule has 0 radical (unpaired) electrons. The van der Waals surface area contributed by atoms with Gasteiger partial charge in [0.05, 0.1) is 22.4 Å². The van der Waals surface area contributed by atoms with Crippen molar-refractivity contribution in [3.8, 4) is 0 Å². The number of hydrogen-bond donors (Lipinski definition) is 1. The van der Waals surface area contributed by atoms with Gasteiger partial charge in [-0.2, -0.15) is 0 Å². The van der Waals surface area contributed by atoms with Crippen LogP contribution in [0.4, 0.5) is 11.6 Å². The Labute approximate surface area is 187 Å². The van der Waals surface area contributed by atoms with Gasteiger partial charge in [0, 0.05) is 36.5 Å². The first-order chi connectivity index (χ1) is 15.1. The number of rotatable bonds is 3. The van der Waals surface area contributed by atoms with Crippen LogP contribution in [0.25, 0.3) is 20.4 Å². The standard InChI is InChI=1S/C24H31N5OS/c1-24(2)12-16-17(13-30-24)22(29-10-6-7-11-29)28-23-18(16)19-20(31-23)21(26-14-25-19)27-15-8-4-3-5-9-15/h14-15H,3-13H2,1-2H3,(H,25,26,27). The van der Waals surface area contributed by atoms with E-state index in [0.29, 0.717) is 12.6 Å². The molecule has 3 aromatic rings. The highest BCUT2D eigenvalue weighted by atomic mass is 32.1. The molecule has 31 heavy (non-hydrogen) atoms. The summed E-state index contributed by atoms with van der Waals surface area (Å²) in [5, 5.41) is 4.97. The summed E-state index contributed by atoms with van der Waals surface area (Å²) in [7, 11) is 0. The van der Waals surface area contributed by atoms with Crippen LogP contribution in [0, 0.1) is 0 Å². The van der Waals surface area contributed by atoms with Gasteiger partial charge in [0.25, 0.3) is 0 Å². The minimum absolute atomic E-state index is 0.173. The van der Waals surface area contributed by atoms with Gasteiger partial charge in [0.1, 0.15) is 22.8 Å². The molecule has 0 atom stereocenters. The maximum Gasteiger partial charge on any atom is 0.147 e. The molecular formula is C24H31N5OS. The second-order valence-corrected chi connectivity index (χ2v) is 11.0. The number of hydrogen-bond acceptors (Lipinski definition) is 7. The minimum Gasteiger partial charge on any atom is -0.370 e. The molecule has 0 unspecified atom stereocenters. The van der Waals surface area contributed by atoms with Crippen LogP contribution in [0.3, 0.4) is 0 Å². The molecule has 3 aromatic heterocycles. The van der Waals surface area contributed by atoms with Gasteiger partial charge in [-0.1, -0.05) is 19.3 Å². The van der Waals surface area contributed by atoms with E-state index in [0.717, 1.165) is 46.2 Å². The zero-order valence-corrected chi connectivity index (χ0v) is 19.4. The molecule has 0 aromatic carbocycles. The number of anilines is 2. The van der Waals surface area contributed by atoms with Gasteiger partial charge < -0.3 is 15.0 Å². The van der Waals surface area contributed by atoms with E-state index >= 15 is 0 Å². The maximum absolute atomic E-state index is 6.25. The number of ether oxygens (including phenoxy) is 1. The summed E-state index contributed by atoms with van der Waals surface area (Å²) in [4.78, 5) is 18.2. The summed E-state index contributed by atoms with van der Waals surface area (Å²) in [6.45, 7) is 7.20. The molecule has 0 amide bonds. The average Bonchev–Trinajstić information content (AvgIpc) is 3.42. The predicted molar refractivity (Wildman–Crippen MR) is 127 cm³/mol. The Balaban J connectivity index is 1.53. The Morgan fingerprint density at radius 1 is 1.06 bits per heavy atom. The van der Waals surface area contributed by atoms with Gasteiger partial charge in [-0.05, 0) is 45.1 Å². The fourth-order valence-corrected chi connectivity index (χ4v) is 6.63. The van der Waals surface area contributed by atoms with Crippen LogP contribution >= 0.6 is 11.3 Å². The van der Waals surface area contributed by atoms with E-state index in [9.17, 15) is 0 Å². The lowest BCUT2D eigenvalue weighted by molar-refractivity contribution is -0.0395. The molecule has 7 heteroatoms. The topological polar surface area (TPSA) is 63.2 Å². The first-order valence-corrected chi connectivity index (χ1v) is 12.7. The molecule has 2 aliphatic heterocycles. The van der Waals surface area contributed by atoms with Crippen LogP contribution in [0.15, 0.2) is 6.33 Å². The van der Waals surface area contributed by atoms with Crippen LogP contribution in [0.2, 0.25) is 0 Å². The van der Waals surface area contributed by atoms with Gasteiger partial charge in [-0.3, -0.25) is 0 Å². The molecule has 0 spiro atoms. The second kappa shape index (κ2) is 7.55. The molecule has 6 rings (SSSR count). The van der Waals surface area contributed by atoms with E-state index in [2.05, 4.69) is 29.0 Å². The first-order valence-electron chi connectivity index (χ1n) is 11.8. The van der Waals surface area contributed by atoms with E-state index in [1.54, 1.807) is 17.7 Å². The van der Waals surface area contributed by atoms with Crippen molar-refractivity contribution in [3.05, 3.63) is 17.5 Å². The lowest BCUT2D eigenvalue weighted by atomic mass is 9.90. The van der Waals surface area contributed by atoms with Crippen molar-refractivity contribution >= 4 is 43.4 Å². The van der Waals surface area contributed by atoms with E-state index in [1.165, 1.54) is 61.5 Å². The van der Waals surface area contributed by atoms with Crippen LogP contribution < -0.4 is 10.2 Å². The van der Waals surface area contributed by atoms with Crippen molar-refractivity contribution in [3.63, 3.8) is 0 Å². The average molecular weight is 438 g/mol. The molecule has 164 valence electrons. The van der Waals surface area contributed by atoms with Crippen LogP contribution in [-0.2, 0) is 17.8 Å². The van der Waals surface area contributed by atoms with E-state index in [-0.39, 0.29) is 5.60 Å². The van der Waals surface area contributed by atoms with Gasteiger partial charge in [0.15, 0.2) is 0 Å². The number of aromatic nitrogens is 3. The third-order valence-electron chi connectivity index (χ3n) is 7.16. The zero-order chi connectivity index (χ0) is 21.0. The van der Waals surface area contributed by atoms with Crippen LogP contribution in [0.5, 0.6) is 0 Å². The number of nitrogens with one attached hydrogen (secondary N) is 1. The highest BCUT2D eigenvalue weighted by Gasteiger charge is 2.33. The molecule has 2 fully saturated rings. The third kappa shape index (κ3) is 3.46. The highest BCUT2D eigenvalue weighted by molar-refractivity contribution is 7.26. The number of fused-ring (bicyclic) bond motifs is 5. The van der Waals surface area contributed by atoms with E-state index in [4.69, 9.17) is 14.7 Å². The Morgan fingerprint density at radius 3 is 2.68 bits per heavy atom. The van der Waals surface area contributed by atoms with Gasteiger partial charge in [-0.25, -0.2) is 15.0 Å². The van der Waals surface area contributed by atoms with Gasteiger partial charge in [0.2, 0.25) is 0 Å². The number of nitrogens with zero attached hydrogens (tertiary/aromatic N) is 4. The molecule has 1 N–H and O–H groups in total. The largest absolute Gasteiger partial charge is 0.370 e. The Kier molecular flexibility index (Phi) is 4.79. The van der Waals surface area contributed by atoms with Crippen molar-refractivity contribution in [2.45, 2.75) is 83.5 Å². The molecule has 1 saturated carbocycles. The molecule has 3 aliphatic rings. The van der Waals surface area contributed by atoms with E-state index < -0.39 is 0 Å². The third-order valence-corrected chi connectivity index (χ3v) is 8.24. The summed E-state index contributed by atoms with van der Waals surface area (Å²) in [5.41, 5.74) is 3.54. The van der Waals surface area contributed by atoms with Crippen molar-refractivity contribution in [1.29, 1.82) is 0 Å². The summed E-state index contributed by atoms with van der Waals surface area (Å²) < 4.78 is 7.40. The quantitative estimate of drug-likeness (QED) is 0.589. The summed E-state index contributed by atoms with van der Waals surface area (Å²) in [6, 6.07) is 0.520. The number of thiophene rings is 1. The molecule has 5 heterocycles. The maximum atomic E-state index is 6.25. The monoisotopic (exact) mass is 437 g/mol. The second-order valence-electron chi connectivity index (χ2n) is 9.97. The summed E-state index contributed by atoms with van der Waals surface area (Å²) >= 11 is 1.76. The van der Waals surface area contributed by atoms with Gasteiger partial charge in [-0.15, -0.1) is 11.3 Å². The van der Waals surface area contributed by atoms with Crippen molar-refractivity contribution in [2.75, 3.05) is 23.3 Å². The van der Waals surface area contributed by atoms with Crippen molar-refractivity contribution < 1.29 is 4.74 Å².